The summed E-state index contributed by atoms with van der Waals surface area (Å²) >= 11 is 0. The number of nitrogens with two attached hydrogens (primary N) is 1. The molecule has 0 unspecified atom stereocenters. The molecule has 0 saturated heterocycles. The van der Waals surface area contributed by atoms with E-state index in [0.717, 1.165) is 12.8 Å². The molecular weight excluding hydrogens is 248 g/mol. The highest BCUT2D eigenvalue weighted by Crippen LogP contribution is 2.18. The highest BCUT2D eigenvalue weighted by Gasteiger charge is 2.28. The summed E-state index contributed by atoms with van der Waals surface area (Å²) in [6.07, 6.45) is 2.49. The fourth-order valence-corrected chi connectivity index (χ4v) is 1.47. The molecule has 0 aliphatic heterocycles. The van der Waals surface area contributed by atoms with Crippen molar-refractivity contribution in [3.8, 4) is 0 Å². The quantitative estimate of drug-likeness (QED) is 0.581. The van der Waals surface area contributed by atoms with Gasteiger partial charge in [-0.25, -0.2) is 0 Å². The van der Waals surface area contributed by atoms with Crippen molar-refractivity contribution in [3.05, 3.63) is 0 Å². The molecule has 0 saturated carbocycles. The predicted octanol–water partition coefficient (Wildman–Crippen LogP) is 1.29. The molecular formula is C13H28N2O4. The summed E-state index contributed by atoms with van der Waals surface area (Å²) in [5.41, 5.74) is 4.98. The number of carbonyl (C=O) groups is 2. The molecule has 0 bridgehead atoms. The minimum Gasteiger partial charge on any atom is -0.480 e. The fourth-order valence-electron chi connectivity index (χ4n) is 1.47. The molecule has 0 aromatic carbocycles. The predicted molar refractivity (Wildman–Crippen MR) is 75.1 cm³/mol. The van der Waals surface area contributed by atoms with Crippen molar-refractivity contribution in [2.75, 3.05) is 7.05 Å². The largest absolute Gasteiger partial charge is 0.480 e. The Labute approximate surface area is 115 Å². The first-order valence-electron chi connectivity index (χ1n) is 6.46. The molecule has 0 aromatic rings. The Morgan fingerprint density at radius 2 is 1.68 bits per heavy atom. The van der Waals surface area contributed by atoms with Crippen LogP contribution in [0.25, 0.3) is 0 Å². The number of likely N-dealkylation sites (N-methyl/N-ethyl adjacent to an activating group) is 1. The van der Waals surface area contributed by atoms with E-state index in [1.165, 1.54) is 0 Å². The molecule has 114 valence electrons. The van der Waals surface area contributed by atoms with Crippen LogP contribution in [0.1, 0.15) is 47.0 Å². The van der Waals surface area contributed by atoms with E-state index in [1.54, 1.807) is 7.05 Å². The zero-order valence-electron chi connectivity index (χ0n) is 12.6. The number of carboxylic acid groups (broad SMARTS) is 2. The van der Waals surface area contributed by atoms with Crippen molar-refractivity contribution in [2.24, 2.45) is 11.1 Å². The lowest BCUT2D eigenvalue weighted by molar-refractivity contribution is -0.142. The number of hydrogen-bond acceptors (Lipinski definition) is 4. The molecule has 0 radical (unpaired) electrons. The molecule has 0 fully saturated rings. The average molecular weight is 276 g/mol. The van der Waals surface area contributed by atoms with Crippen LogP contribution in [0, 0.1) is 5.41 Å². The van der Waals surface area contributed by atoms with Crippen molar-refractivity contribution in [1.29, 1.82) is 0 Å². The molecule has 0 aliphatic rings. The summed E-state index contributed by atoms with van der Waals surface area (Å²) in [7, 11) is 1.66. The van der Waals surface area contributed by atoms with Gasteiger partial charge in [0.2, 0.25) is 0 Å². The molecule has 0 aliphatic carbocycles. The van der Waals surface area contributed by atoms with Crippen LogP contribution < -0.4 is 11.1 Å². The smallest absolute Gasteiger partial charge is 0.321 e. The number of rotatable bonds is 6. The number of nitrogens with one attached hydrogen (secondary N) is 1. The first kappa shape index (κ1) is 20.2. The number of aliphatic carboxylic acids is 2. The summed E-state index contributed by atoms with van der Waals surface area (Å²) < 4.78 is 0. The summed E-state index contributed by atoms with van der Waals surface area (Å²) in [6, 6.07) is -1.13. The van der Waals surface area contributed by atoms with E-state index in [4.69, 9.17) is 15.9 Å². The van der Waals surface area contributed by atoms with Crippen molar-refractivity contribution in [3.63, 3.8) is 0 Å². The SMILES string of the molecule is CCCC[C@H](N)C(=O)O.CN[C@H](C(=O)O)C(C)(C)C. The fraction of sp³-hybridized carbons (Fsp3) is 0.846. The van der Waals surface area contributed by atoms with Gasteiger partial charge in [0.1, 0.15) is 12.1 Å². The normalized spacial score (nSPS) is 14.0. The van der Waals surface area contributed by atoms with E-state index in [-0.39, 0.29) is 5.41 Å². The van der Waals surface area contributed by atoms with Crippen molar-refractivity contribution in [2.45, 2.75) is 59.0 Å². The Morgan fingerprint density at radius 1 is 1.21 bits per heavy atom. The lowest BCUT2D eigenvalue weighted by Gasteiger charge is -2.26. The minimum atomic E-state index is -0.900. The molecule has 6 nitrogen and oxygen atoms in total. The minimum absolute atomic E-state index is 0.222. The second-order valence-electron chi connectivity index (χ2n) is 5.51. The van der Waals surface area contributed by atoms with Gasteiger partial charge < -0.3 is 21.3 Å². The summed E-state index contributed by atoms with van der Waals surface area (Å²) in [5.74, 6) is -1.70. The van der Waals surface area contributed by atoms with Crippen LogP contribution in [0.3, 0.4) is 0 Å². The Morgan fingerprint density at radius 3 is 1.84 bits per heavy atom. The standard InChI is InChI=1S/C7H15NO2.C6H13NO2/c1-7(2,3)5(8-4)6(9)10;1-2-3-4-5(7)6(8)9/h5,8H,1-4H3,(H,9,10);5H,2-4,7H2,1H3,(H,8,9)/t2*5-/m10/s1. The molecule has 0 rings (SSSR count). The molecule has 0 spiro atoms. The van der Waals surface area contributed by atoms with E-state index >= 15 is 0 Å². The van der Waals surface area contributed by atoms with Crippen LogP contribution in [0.5, 0.6) is 0 Å². The van der Waals surface area contributed by atoms with E-state index in [2.05, 4.69) is 5.32 Å². The van der Waals surface area contributed by atoms with Crippen LogP contribution in [0.4, 0.5) is 0 Å². The molecule has 19 heavy (non-hydrogen) atoms. The lowest BCUT2D eigenvalue weighted by atomic mass is 9.87. The summed E-state index contributed by atoms with van der Waals surface area (Å²) in [5, 5.41) is 19.7. The van der Waals surface area contributed by atoms with Gasteiger partial charge in [0, 0.05) is 0 Å². The van der Waals surface area contributed by atoms with E-state index in [1.807, 2.05) is 27.7 Å². The van der Waals surface area contributed by atoms with E-state index in [9.17, 15) is 9.59 Å². The van der Waals surface area contributed by atoms with Gasteiger partial charge in [-0.3, -0.25) is 9.59 Å². The van der Waals surface area contributed by atoms with Gasteiger partial charge >= 0.3 is 11.9 Å². The summed E-state index contributed by atoms with van der Waals surface area (Å²) in [4.78, 5) is 20.6. The van der Waals surface area contributed by atoms with Crippen molar-refractivity contribution in [1.82, 2.24) is 5.32 Å². The van der Waals surface area contributed by atoms with Crippen molar-refractivity contribution < 1.29 is 19.8 Å². The van der Waals surface area contributed by atoms with E-state index in [0.29, 0.717) is 6.42 Å². The Balaban J connectivity index is 0. The van der Waals surface area contributed by atoms with Gasteiger partial charge in [0.05, 0.1) is 0 Å². The summed E-state index contributed by atoms with van der Waals surface area (Å²) in [6.45, 7) is 7.68. The number of unbranched alkanes of at least 4 members (excludes halogenated alkanes) is 1. The first-order valence-corrected chi connectivity index (χ1v) is 6.46. The molecule has 6 heteroatoms. The average Bonchev–Trinajstić information content (AvgIpc) is 2.24. The monoisotopic (exact) mass is 276 g/mol. The van der Waals surface area contributed by atoms with Gasteiger partial charge in [-0.2, -0.15) is 0 Å². The highest BCUT2D eigenvalue weighted by molar-refractivity contribution is 5.74. The van der Waals surface area contributed by atoms with E-state index < -0.39 is 24.0 Å². The highest BCUT2D eigenvalue weighted by atomic mass is 16.4. The molecule has 2 atom stereocenters. The zero-order chi connectivity index (χ0) is 15.6. The maximum absolute atomic E-state index is 10.5. The van der Waals surface area contributed by atoms with Crippen molar-refractivity contribution >= 4 is 11.9 Å². The number of carboxylic acids is 2. The maximum atomic E-state index is 10.5. The van der Waals surface area contributed by atoms with Crippen LogP contribution in [-0.2, 0) is 9.59 Å². The second kappa shape index (κ2) is 9.75. The molecule has 0 heterocycles. The lowest BCUT2D eigenvalue weighted by Crippen LogP contribution is -2.44. The Kier molecular flexibility index (Phi) is 10.4. The van der Waals surface area contributed by atoms with Gasteiger partial charge in [-0.1, -0.05) is 40.5 Å². The Bertz CT molecular complexity index is 274. The topological polar surface area (TPSA) is 113 Å². The van der Waals surface area contributed by atoms with Crippen LogP contribution in [-0.4, -0.2) is 41.3 Å². The second-order valence-corrected chi connectivity index (χ2v) is 5.51. The van der Waals surface area contributed by atoms with Crippen LogP contribution in [0.2, 0.25) is 0 Å². The molecule has 5 N–H and O–H groups in total. The first-order chi connectivity index (χ1) is 8.57. The van der Waals surface area contributed by atoms with Crippen LogP contribution >= 0.6 is 0 Å². The number of hydrogen-bond donors (Lipinski definition) is 4. The van der Waals surface area contributed by atoms with Crippen LogP contribution in [0.15, 0.2) is 0 Å². The maximum Gasteiger partial charge on any atom is 0.321 e. The van der Waals surface area contributed by atoms with Gasteiger partial charge in [0.25, 0.3) is 0 Å². The zero-order valence-corrected chi connectivity index (χ0v) is 12.6. The van der Waals surface area contributed by atoms with Gasteiger partial charge in [0.15, 0.2) is 0 Å². The van der Waals surface area contributed by atoms with Gasteiger partial charge in [-0.05, 0) is 18.9 Å². The van der Waals surface area contributed by atoms with Gasteiger partial charge in [-0.15, -0.1) is 0 Å². The third kappa shape index (κ3) is 10.5. The third-order valence-corrected chi connectivity index (χ3v) is 2.59. The molecule has 0 amide bonds. The third-order valence-electron chi connectivity index (χ3n) is 2.59. The molecule has 0 aromatic heterocycles. The Hall–Kier alpha value is -1.14.